The van der Waals surface area contributed by atoms with Gasteiger partial charge < -0.3 is 9.77 Å². The van der Waals surface area contributed by atoms with Crippen molar-refractivity contribution in [2.45, 2.75) is 0 Å². The van der Waals surface area contributed by atoms with Crippen LogP contribution in [0.25, 0.3) is 22.4 Å². The van der Waals surface area contributed by atoms with Gasteiger partial charge in [-0.1, -0.05) is 66.2 Å². The molecule has 0 unspecified atom stereocenters. The standard InChI is InChI=1S/C17H13ClN2.HNO3/c18-17(12-20-11-10-19-13-20)16-8-6-15(7-9-16)14-4-2-1-3-5-14;2-1(3)4/h1-13H;(H,2,3,4)/b17-12-;. The number of hydrogen-bond acceptors (Lipinski definition) is 3. The Balaban J connectivity index is 0.000000471. The van der Waals surface area contributed by atoms with Gasteiger partial charge in [0.15, 0.2) is 0 Å². The molecule has 1 aromatic heterocycles. The lowest BCUT2D eigenvalue weighted by Gasteiger charge is -2.04. The van der Waals surface area contributed by atoms with E-state index in [1.54, 1.807) is 12.5 Å². The van der Waals surface area contributed by atoms with Crippen LogP contribution in [-0.4, -0.2) is 19.8 Å². The first-order valence-electron chi connectivity index (χ1n) is 6.90. The van der Waals surface area contributed by atoms with E-state index in [2.05, 4.69) is 29.2 Å². The van der Waals surface area contributed by atoms with E-state index in [4.69, 9.17) is 26.9 Å². The van der Waals surface area contributed by atoms with Crippen LogP contribution in [0.15, 0.2) is 73.3 Å². The van der Waals surface area contributed by atoms with Gasteiger partial charge >= 0.3 is 0 Å². The maximum Gasteiger partial charge on any atom is 0.291 e. The topological polar surface area (TPSA) is 81.2 Å². The van der Waals surface area contributed by atoms with Crippen molar-refractivity contribution in [3.8, 4) is 11.1 Å². The summed E-state index contributed by atoms with van der Waals surface area (Å²) in [6, 6.07) is 18.5. The highest BCUT2D eigenvalue weighted by Gasteiger charge is 2.00. The Morgan fingerprint density at radius 1 is 1.12 bits per heavy atom. The number of rotatable bonds is 3. The molecule has 0 saturated carbocycles. The van der Waals surface area contributed by atoms with E-state index in [-0.39, 0.29) is 0 Å². The van der Waals surface area contributed by atoms with Gasteiger partial charge in [0.25, 0.3) is 5.09 Å². The molecular weight excluding hydrogens is 330 g/mol. The minimum Gasteiger partial charge on any atom is -0.328 e. The normalized spacial score (nSPS) is 10.6. The first kappa shape index (κ1) is 17.2. The van der Waals surface area contributed by atoms with Crippen LogP contribution in [0, 0.1) is 10.1 Å². The van der Waals surface area contributed by atoms with Crippen LogP contribution < -0.4 is 0 Å². The molecule has 7 heteroatoms. The zero-order valence-corrected chi connectivity index (χ0v) is 13.2. The predicted octanol–water partition coefficient (Wildman–Crippen LogP) is 4.40. The molecule has 0 saturated heterocycles. The number of benzene rings is 2. The molecule has 24 heavy (non-hydrogen) atoms. The van der Waals surface area contributed by atoms with Crippen LogP contribution in [0.1, 0.15) is 5.56 Å². The largest absolute Gasteiger partial charge is 0.328 e. The van der Waals surface area contributed by atoms with Gasteiger partial charge in [-0.05, 0) is 16.7 Å². The maximum atomic E-state index is 8.36. The lowest BCUT2D eigenvalue weighted by molar-refractivity contribution is -0.742. The van der Waals surface area contributed by atoms with E-state index < -0.39 is 5.09 Å². The molecule has 0 atom stereocenters. The number of halogens is 1. The summed E-state index contributed by atoms with van der Waals surface area (Å²) in [6.45, 7) is 0. The zero-order chi connectivity index (χ0) is 17.4. The monoisotopic (exact) mass is 343 g/mol. The highest BCUT2D eigenvalue weighted by molar-refractivity contribution is 6.50. The van der Waals surface area contributed by atoms with Crippen LogP contribution in [-0.2, 0) is 0 Å². The van der Waals surface area contributed by atoms with E-state index in [9.17, 15) is 0 Å². The van der Waals surface area contributed by atoms with Crippen molar-refractivity contribution < 1.29 is 10.3 Å². The Hall–Kier alpha value is -3.12. The third kappa shape index (κ3) is 5.26. The van der Waals surface area contributed by atoms with Crippen molar-refractivity contribution in [3.63, 3.8) is 0 Å². The van der Waals surface area contributed by atoms with Crippen molar-refractivity contribution in [1.82, 2.24) is 9.55 Å². The fourth-order valence-corrected chi connectivity index (χ4v) is 2.24. The molecule has 0 fully saturated rings. The average Bonchev–Trinajstić information content (AvgIpc) is 3.08. The van der Waals surface area contributed by atoms with Gasteiger partial charge in [0.05, 0.1) is 11.4 Å². The van der Waals surface area contributed by atoms with E-state index in [0.29, 0.717) is 5.03 Å². The van der Waals surface area contributed by atoms with Gasteiger partial charge in [0.2, 0.25) is 0 Å². The third-order valence-electron chi connectivity index (χ3n) is 3.06. The summed E-state index contributed by atoms with van der Waals surface area (Å²) in [5.41, 5.74) is 3.37. The van der Waals surface area contributed by atoms with E-state index in [1.165, 1.54) is 11.1 Å². The Bertz CT molecular complexity index is 797. The molecule has 0 aliphatic rings. The molecule has 3 rings (SSSR count). The average molecular weight is 344 g/mol. The smallest absolute Gasteiger partial charge is 0.291 e. The molecule has 0 amide bonds. The number of hydrogen-bond donors (Lipinski definition) is 1. The van der Waals surface area contributed by atoms with Crippen molar-refractivity contribution in [3.05, 3.63) is 89.0 Å². The van der Waals surface area contributed by atoms with Crippen LogP contribution in [0.2, 0.25) is 0 Å². The molecule has 0 aliphatic heterocycles. The Morgan fingerprint density at radius 2 is 1.71 bits per heavy atom. The van der Waals surface area contributed by atoms with Gasteiger partial charge in [-0.15, -0.1) is 10.1 Å². The van der Waals surface area contributed by atoms with E-state index >= 15 is 0 Å². The summed E-state index contributed by atoms with van der Waals surface area (Å²) in [5, 5.41) is 14.3. The van der Waals surface area contributed by atoms with E-state index in [1.807, 2.05) is 47.3 Å². The Labute approximate surface area is 143 Å². The van der Waals surface area contributed by atoms with Gasteiger partial charge in [-0.2, -0.15) is 0 Å². The second-order valence-electron chi connectivity index (χ2n) is 4.67. The first-order chi connectivity index (χ1) is 11.6. The molecule has 0 bridgehead atoms. The highest BCUT2D eigenvalue weighted by atomic mass is 35.5. The van der Waals surface area contributed by atoms with Gasteiger partial charge in [0, 0.05) is 18.6 Å². The maximum absolute atomic E-state index is 8.36. The molecule has 0 radical (unpaired) electrons. The summed E-state index contributed by atoms with van der Waals surface area (Å²) in [4.78, 5) is 12.3. The van der Waals surface area contributed by atoms with Crippen LogP contribution in [0.3, 0.4) is 0 Å². The summed E-state index contributed by atoms with van der Waals surface area (Å²) >= 11 is 6.31. The minimum absolute atomic E-state index is 0.683. The highest BCUT2D eigenvalue weighted by Crippen LogP contribution is 2.24. The Morgan fingerprint density at radius 3 is 2.25 bits per heavy atom. The van der Waals surface area contributed by atoms with Crippen LogP contribution >= 0.6 is 11.6 Å². The fourth-order valence-electron chi connectivity index (χ4n) is 2.00. The second kappa shape index (κ2) is 8.50. The molecule has 3 aromatic rings. The number of nitrogens with zero attached hydrogens (tertiary/aromatic N) is 3. The first-order valence-corrected chi connectivity index (χ1v) is 7.28. The quantitative estimate of drug-likeness (QED) is 0.564. The molecule has 1 heterocycles. The van der Waals surface area contributed by atoms with Gasteiger partial charge in [-0.25, -0.2) is 4.98 Å². The molecule has 1 N–H and O–H groups in total. The van der Waals surface area contributed by atoms with Crippen LogP contribution in [0.5, 0.6) is 0 Å². The van der Waals surface area contributed by atoms with Gasteiger partial charge in [0.1, 0.15) is 0 Å². The van der Waals surface area contributed by atoms with Crippen LogP contribution in [0.4, 0.5) is 0 Å². The van der Waals surface area contributed by atoms with Crippen molar-refractivity contribution in [1.29, 1.82) is 0 Å². The van der Waals surface area contributed by atoms with Crippen molar-refractivity contribution >= 4 is 22.8 Å². The minimum atomic E-state index is -1.50. The summed E-state index contributed by atoms with van der Waals surface area (Å²) in [5.74, 6) is 0. The summed E-state index contributed by atoms with van der Waals surface area (Å²) in [7, 11) is 0. The second-order valence-corrected chi connectivity index (χ2v) is 5.08. The molecular formula is C17H14ClN3O3. The lowest BCUT2D eigenvalue weighted by atomic mass is 10.0. The van der Waals surface area contributed by atoms with E-state index in [0.717, 1.165) is 5.56 Å². The number of aromatic nitrogens is 2. The third-order valence-corrected chi connectivity index (χ3v) is 3.37. The lowest BCUT2D eigenvalue weighted by Crippen LogP contribution is -1.84. The van der Waals surface area contributed by atoms with Crippen molar-refractivity contribution in [2.24, 2.45) is 0 Å². The summed E-state index contributed by atoms with van der Waals surface area (Å²) < 4.78 is 1.83. The van der Waals surface area contributed by atoms with Crippen molar-refractivity contribution in [2.75, 3.05) is 0 Å². The Kier molecular flexibility index (Phi) is 6.10. The molecule has 0 aliphatic carbocycles. The summed E-state index contributed by atoms with van der Waals surface area (Å²) in [6.07, 6.45) is 7.12. The van der Waals surface area contributed by atoms with Gasteiger partial charge in [-0.3, -0.25) is 0 Å². The number of imidazole rings is 1. The fraction of sp³-hybridized carbons (Fsp3) is 0. The molecule has 0 spiro atoms. The SMILES string of the molecule is Cl/C(=C\n1ccnc1)c1ccc(-c2ccccc2)cc1.O=[N+]([O-])O. The molecule has 6 nitrogen and oxygen atoms in total. The molecule has 122 valence electrons. The predicted molar refractivity (Wildman–Crippen MR) is 92.9 cm³/mol. The zero-order valence-electron chi connectivity index (χ0n) is 12.5. The molecule has 2 aromatic carbocycles.